The van der Waals surface area contributed by atoms with E-state index in [0.717, 1.165) is 18.9 Å². The van der Waals surface area contributed by atoms with E-state index in [9.17, 15) is 4.79 Å². The number of amides is 1. The molecule has 18 heavy (non-hydrogen) atoms. The van der Waals surface area contributed by atoms with Crippen LogP contribution in [0.15, 0.2) is 0 Å². The summed E-state index contributed by atoms with van der Waals surface area (Å²) in [7, 11) is 1.92. The molecule has 0 saturated heterocycles. The molecule has 1 amide bonds. The van der Waals surface area contributed by atoms with Gasteiger partial charge in [-0.3, -0.25) is 4.79 Å². The van der Waals surface area contributed by atoms with Crippen molar-refractivity contribution in [2.45, 2.75) is 63.8 Å². The molecule has 0 spiro atoms. The predicted molar refractivity (Wildman–Crippen MR) is 74.1 cm³/mol. The van der Waals surface area contributed by atoms with Crippen LogP contribution in [0.4, 0.5) is 0 Å². The van der Waals surface area contributed by atoms with Crippen LogP contribution in [0.25, 0.3) is 0 Å². The molecule has 0 aliphatic heterocycles. The van der Waals surface area contributed by atoms with Crippen LogP contribution in [0.2, 0.25) is 0 Å². The molecular formula is C15H28N2O. The third kappa shape index (κ3) is 3.71. The lowest BCUT2D eigenvalue weighted by Gasteiger charge is -2.32. The lowest BCUT2D eigenvalue weighted by atomic mass is 9.84. The summed E-state index contributed by atoms with van der Waals surface area (Å²) >= 11 is 0. The second-order valence-electron chi connectivity index (χ2n) is 6.36. The number of hydrogen-bond acceptors (Lipinski definition) is 2. The number of rotatable bonds is 5. The molecule has 2 fully saturated rings. The van der Waals surface area contributed by atoms with E-state index in [-0.39, 0.29) is 11.9 Å². The molecule has 2 aliphatic rings. The average molecular weight is 252 g/mol. The van der Waals surface area contributed by atoms with Crippen LogP contribution in [-0.2, 0) is 4.79 Å². The smallest absolute Gasteiger partial charge is 0.239 e. The first-order valence-electron chi connectivity index (χ1n) is 7.67. The number of nitrogens with two attached hydrogens (primary N) is 1. The Bertz CT molecular complexity index is 270. The van der Waals surface area contributed by atoms with Gasteiger partial charge in [0.05, 0.1) is 6.04 Å². The van der Waals surface area contributed by atoms with Gasteiger partial charge in [0.25, 0.3) is 0 Å². The Labute approximate surface area is 111 Å². The van der Waals surface area contributed by atoms with Crippen molar-refractivity contribution in [1.82, 2.24) is 4.90 Å². The Hall–Kier alpha value is -0.570. The molecule has 2 rings (SSSR count). The summed E-state index contributed by atoms with van der Waals surface area (Å²) in [6, 6.07) is -0.266. The number of carbonyl (C=O) groups is 1. The molecule has 2 aliphatic carbocycles. The normalized spacial score (nSPS) is 23.4. The predicted octanol–water partition coefficient (Wildman–Crippen LogP) is 2.54. The molecule has 0 bridgehead atoms. The summed E-state index contributed by atoms with van der Waals surface area (Å²) in [5.41, 5.74) is 6.09. The van der Waals surface area contributed by atoms with E-state index in [1.807, 2.05) is 11.9 Å². The Morgan fingerprint density at radius 3 is 2.28 bits per heavy atom. The van der Waals surface area contributed by atoms with Crippen LogP contribution in [0.1, 0.15) is 57.8 Å². The molecule has 104 valence electrons. The van der Waals surface area contributed by atoms with Gasteiger partial charge in [0.15, 0.2) is 0 Å². The maximum Gasteiger partial charge on any atom is 0.239 e. The SMILES string of the molecule is CN(CC1CCC1)C(=O)C(N)CC1CCCCC1. The van der Waals surface area contributed by atoms with Crippen molar-refractivity contribution < 1.29 is 4.79 Å². The number of carbonyl (C=O) groups excluding carboxylic acids is 1. The molecule has 0 radical (unpaired) electrons. The highest BCUT2D eigenvalue weighted by Gasteiger charge is 2.26. The minimum atomic E-state index is -0.266. The highest BCUT2D eigenvalue weighted by atomic mass is 16.2. The summed E-state index contributed by atoms with van der Waals surface area (Å²) < 4.78 is 0. The van der Waals surface area contributed by atoms with E-state index < -0.39 is 0 Å². The van der Waals surface area contributed by atoms with Gasteiger partial charge in [0.2, 0.25) is 5.91 Å². The van der Waals surface area contributed by atoms with Gasteiger partial charge in [-0.1, -0.05) is 38.5 Å². The van der Waals surface area contributed by atoms with Crippen molar-refractivity contribution in [3.05, 3.63) is 0 Å². The minimum Gasteiger partial charge on any atom is -0.344 e. The molecule has 0 heterocycles. The first-order chi connectivity index (χ1) is 8.66. The second kappa shape index (κ2) is 6.55. The molecular weight excluding hydrogens is 224 g/mol. The van der Waals surface area contributed by atoms with Gasteiger partial charge in [-0.25, -0.2) is 0 Å². The Kier molecular flexibility index (Phi) is 5.04. The van der Waals surface area contributed by atoms with Crippen molar-refractivity contribution in [2.75, 3.05) is 13.6 Å². The van der Waals surface area contributed by atoms with Gasteiger partial charge in [-0.2, -0.15) is 0 Å². The number of likely N-dealkylation sites (N-methyl/N-ethyl adjacent to an activating group) is 1. The largest absolute Gasteiger partial charge is 0.344 e. The lowest BCUT2D eigenvalue weighted by Crippen LogP contribution is -2.45. The van der Waals surface area contributed by atoms with Crippen LogP contribution in [-0.4, -0.2) is 30.4 Å². The first-order valence-corrected chi connectivity index (χ1v) is 7.67. The fraction of sp³-hybridized carbons (Fsp3) is 0.933. The zero-order valence-corrected chi connectivity index (χ0v) is 11.7. The first kappa shape index (κ1) is 13.9. The average Bonchev–Trinajstić information content (AvgIpc) is 2.33. The molecule has 2 saturated carbocycles. The summed E-state index contributed by atoms with van der Waals surface area (Å²) in [6.07, 6.45) is 11.4. The maximum absolute atomic E-state index is 12.2. The molecule has 3 nitrogen and oxygen atoms in total. The molecule has 0 aromatic heterocycles. The van der Waals surface area contributed by atoms with Crippen molar-refractivity contribution in [3.8, 4) is 0 Å². The topological polar surface area (TPSA) is 46.3 Å². The van der Waals surface area contributed by atoms with Crippen molar-refractivity contribution in [3.63, 3.8) is 0 Å². The Balaban J connectivity index is 1.72. The van der Waals surface area contributed by atoms with Crippen molar-refractivity contribution in [2.24, 2.45) is 17.6 Å². The van der Waals surface area contributed by atoms with E-state index in [4.69, 9.17) is 5.73 Å². The van der Waals surface area contributed by atoms with Gasteiger partial charge < -0.3 is 10.6 Å². The fourth-order valence-corrected chi connectivity index (χ4v) is 3.32. The molecule has 0 aromatic rings. The van der Waals surface area contributed by atoms with Crippen LogP contribution in [0.3, 0.4) is 0 Å². The van der Waals surface area contributed by atoms with Crippen LogP contribution in [0, 0.1) is 11.8 Å². The van der Waals surface area contributed by atoms with E-state index in [1.165, 1.54) is 51.4 Å². The number of hydrogen-bond donors (Lipinski definition) is 1. The molecule has 1 atom stereocenters. The monoisotopic (exact) mass is 252 g/mol. The van der Waals surface area contributed by atoms with E-state index >= 15 is 0 Å². The maximum atomic E-state index is 12.2. The highest BCUT2D eigenvalue weighted by Crippen LogP contribution is 2.28. The van der Waals surface area contributed by atoms with Gasteiger partial charge in [0, 0.05) is 13.6 Å². The van der Waals surface area contributed by atoms with E-state index in [0.29, 0.717) is 5.92 Å². The summed E-state index contributed by atoms with van der Waals surface area (Å²) in [6.45, 7) is 0.914. The highest BCUT2D eigenvalue weighted by molar-refractivity contribution is 5.81. The zero-order valence-electron chi connectivity index (χ0n) is 11.7. The number of nitrogens with zero attached hydrogens (tertiary/aromatic N) is 1. The van der Waals surface area contributed by atoms with Gasteiger partial charge >= 0.3 is 0 Å². The van der Waals surface area contributed by atoms with Gasteiger partial charge in [0.1, 0.15) is 0 Å². The fourth-order valence-electron chi connectivity index (χ4n) is 3.32. The molecule has 0 aromatic carbocycles. The van der Waals surface area contributed by atoms with Crippen LogP contribution < -0.4 is 5.73 Å². The second-order valence-corrected chi connectivity index (χ2v) is 6.36. The van der Waals surface area contributed by atoms with Crippen LogP contribution >= 0.6 is 0 Å². The van der Waals surface area contributed by atoms with Gasteiger partial charge in [-0.15, -0.1) is 0 Å². The Morgan fingerprint density at radius 1 is 1.11 bits per heavy atom. The Morgan fingerprint density at radius 2 is 1.72 bits per heavy atom. The lowest BCUT2D eigenvalue weighted by molar-refractivity contribution is -0.132. The quantitative estimate of drug-likeness (QED) is 0.817. The van der Waals surface area contributed by atoms with Crippen molar-refractivity contribution in [1.29, 1.82) is 0 Å². The van der Waals surface area contributed by atoms with E-state index in [1.54, 1.807) is 0 Å². The molecule has 1 unspecified atom stereocenters. The van der Waals surface area contributed by atoms with Crippen LogP contribution in [0.5, 0.6) is 0 Å². The summed E-state index contributed by atoms with van der Waals surface area (Å²) in [5, 5.41) is 0. The molecule has 2 N–H and O–H groups in total. The summed E-state index contributed by atoms with van der Waals surface area (Å²) in [4.78, 5) is 14.1. The minimum absolute atomic E-state index is 0.160. The summed E-state index contributed by atoms with van der Waals surface area (Å²) in [5.74, 6) is 1.59. The van der Waals surface area contributed by atoms with E-state index in [2.05, 4.69) is 0 Å². The molecule has 3 heteroatoms. The van der Waals surface area contributed by atoms with Crippen molar-refractivity contribution >= 4 is 5.91 Å². The van der Waals surface area contributed by atoms with Gasteiger partial charge in [-0.05, 0) is 31.1 Å². The third-order valence-corrected chi connectivity index (χ3v) is 4.76. The standard InChI is InChI=1S/C15H28N2O/c1-17(11-13-8-5-9-13)15(18)14(16)10-12-6-3-2-4-7-12/h12-14H,2-11,16H2,1H3. The third-order valence-electron chi connectivity index (χ3n) is 4.76. The zero-order chi connectivity index (χ0) is 13.0.